The predicted octanol–water partition coefficient (Wildman–Crippen LogP) is 5.28. The minimum atomic E-state index is 0.793. The second kappa shape index (κ2) is 8.52. The Kier molecular flexibility index (Phi) is 8.08. The van der Waals surface area contributed by atoms with E-state index in [0.717, 1.165) is 5.92 Å². The molecule has 0 aliphatic heterocycles. The maximum Gasteiger partial charge on any atom is -0.0322 e. The summed E-state index contributed by atoms with van der Waals surface area (Å²) in [5.41, 5.74) is 2.79. The molecule has 0 N–H and O–H groups in total. The highest BCUT2D eigenvalue weighted by Crippen LogP contribution is 2.12. The summed E-state index contributed by atoms with van der Waals surface area (Å²) in [4.78, 5) is 0. The van der Waals surface area contributed by atoms with E-state index in [-0.39, 0.29) is 0 Å². The zero-order chi connectivity index (χ0) is 11.7. The molecule has 86 valence electrons. The van der Waals surface area contributed by atoms with Crippen molar-refractivity contribution in [2.24, 2.45) is 5.92 Å². The molecule has 0 spiro atoms. The highest BCUT2D eigenvalue weighted by Gasteiger charge is 1.97. The van der Waals surface area contributed by atoms with Gasteiger partial charge in [-0.05, 0) is 52.9 Å². The SMILES string of the molecule is C/C=C(C)/C=C/CC(C)CCC=C(C)C. The highest BCUT2D eigenvalue weighted by molar-refractivity contribution is 5.14. The minimum absolute atomic E-state index is 0.793. The number of hydrogen-bond donors (Lipinski definition) is 0. The average molecular weight is 206 g/mol. The van der Waals surface area contributed by atoms with Crippen LogP contribution in [0.25, 0.3) is 0 Å². The number of rotatable bonds is 6. The monoisotopic (exact) mass is 206 g/mol. The molecule has 0 fully saturated rings. The predicted molar refractivity (Wildman–Crippen MR) is 71.0 cm³/mol. The van der Waals surface area contributed by atoms with Gasteiger partial charge in [-0.1, -0.05) is 42.4 Å². The van der Waals surface area contributed by atoms with Gasteiger partial charge in [0.2, 0.25) is 0 Å². The summed E-state index contributed by atoms with van der Waals surface area (Å²) in [5.74, 6) is 0.793. The Morgan fingerprint density at radius 3 is 2.40 bits per heavy atom. The Hall–Kier alpha value is -0.780. The molecule has 0 aliphatic rings. The summed E-state index contributed by atoms with van der Waals surface area (Å²) < 4.78 is 0. The lowest BCUT2D eigenvalue weighted by Gasteiger charge is -2.06. The molecule has 0 aromatic rings. The van der Waals surface area contributed by atoms with Gasteiger partial charge in [0, 0.05) is 0 Å². The molecule has 0 aromatic carbocycles. The third-order valence-corrected chi connectivity index (χ3v) is 2.59. The molecule has 0 aromatic heterocycles. The van der Waals surface area contributed by atoms with Crippen LogP contribution in [0.3, 0.4) is 0 Å². The van der Waals surface area contributed by atoms with Crippen molar-refractivity contribution in [2.75, 3.05) is 0 Å². The van der Waals surface area contributed by atoms with Crippen LogP contribution in [0.4, 0.5) is 0 Å². The van der Waals surface area contributed by atoms with E-state index in [9.17, 15) is 0 Å². The quantitative estimate of drug-likeness (QED) is 0.409. The lowest BCUT2D eigenvalue weighted by atomic mass is 10.0. The molecule has 1 atom stereocenters. The van der Waals surface area contributed by atoms with Crippen LogP contribution in [-0.4, -0.2) is 0 Å². The van der Waals surface area contributed by atoms with Crippen molar-refractivity contribution < 1.29 is 0 Å². The van der Waals surface area contributed by atoms with Gasteiger partial charge >= 0.3 is 0 Å². The molecule has 0 heterocycles. The van der Waals surface area contributed by atoms with Crippen LogP contribution < -0.4 is 0 Å². The summed E-state index contributed by atoms with van der Waals surface area (Å²) in [7, 11) is 0. The van der Waals surface area contributed by atoms with Gasteiger partial charge in [0.15, 0.2) is 0 Å². The fourth-order valence-corrected chi connectivity index (χ4v) is 1.36. The van der Waals surface area contributed by atoms with Crippen LogP contribution in [0.1, 0.15) is 53.9 Å². The van der Waals surface area contributed by atoms with Crippen LogP contribution in [-0.2, 0) is 0 Å². The molecule has 0 amide bonds. The number of allylic oxidation sites excluding steroid dienone is 6. The van der Waals surface area contributed by atoms with Gasteiger partial charge in [0.25, 0.3) is 0 Å². The van der Waals surface area contributed by atoms with Crippen molar-refractivity contribution >= 4 is 0 Å². The van der Waals surface area contributed by atoms with Gasteiger partial charge in [-0.3, -0.25) is 0 Å². The van der Waals surface area contributed by atoms with Crippen molar-refractivity contribution in [3.63, 3.8) is 0 Å². The van der Waals surface area contributed by atoms with E-state index < -0.39 is 0 Å². The molecule has 0 saturated heterocycles. The zero-order valence-corrected chi connectivity index (χ0v) is 11.0. The van der Waals surface area contributed by atoms with E-state index in [0.29, 0.717) is 0 Å². The van der Waals surface area contributed by atoms with Gasteiger partial charge < -0.3 is 0 Å². The Labute approximate surface area is 95.8 Å². The summed E-state index contributed by atoms with van der Waals surface area (Å²) in [6, 6.07) is 0. The van der Waals surface area contributed by atoms with E-state index in [4.69, 9.17) is 0 Å². The van der Waals surface area contributed by atoms with Gasteiger partial charge in [0.05, 0.1) is 0 Å². The van der Waals surface area contributed by atoms with Crippen LogP contribution >= 0.6 is 0 Å². The first kappa shape index (κ1) is 14.2. The third-order valence-electron chi connectivity index (χ3n) is 2.59. The molecule has 0 nitrogen and oxygen atoms in total. The van der Waals surface area contributed by atoms with Crippen LogP contribution in [0.15, 0.2) is 35.5 Å². The van der Waals surface area contributed by atoms with Crippen LogP contribution in [0.2, 0.25) is 0 Å². The smallest absolute Gasteiger partial charge is 0.0322 e. The van der Waals surface area contributed by atoms with Crippen molar-refractivity contribution in [1.82, 2.24) is 0 Å². The molecule has 15 heavy (non-hydrogen) atoms. The van der Waals surface area contributed by atoms with Crippen molar-refractivity contribution in [3.8, 4) is 0 Å². The first-order valence-electron chi connectivity index (χ1n) is 5.99. The van der Waals surface area contributed by atoms with E-state index >= 15 is 0 Å². The Morgan fingerprint density at radius 1 is 1.20 bits per heavy atom. The molecule has 0 aliphatic carbocycles. The van der Waals surface area contributed by atoms with Crippen LogP contribution in [0, 0.1) is 5.92 Å². The molecule has 0 rings (SSSR count). The van der Waals surface area contributed by atoms with Gasteiger partial charge in [-0.15, -0.1) is 0 Å². The van der Waals surface area contributed by atoms with Crippen molar-refractivity contribution in [1.29, 1.82) is 0 Å². The highest BCUT2D eigenvalue weighted by atomic mass is 14.0. The molecule has 0 bridgehead atoms. The largest absolute Gasteiger partial charge is 0.0859 e. The first-order valence-corrected chi connectivity index (χ1v) is 5.99. The van der Waals surface area contributed by atoms with Gasteiger partial charge in [0.1, 0.15) is 0 Å². The Bertz CT molecular complexity index is 237. The van der Waals surface area contributed by atoms with E-state index in [1.807, 2.05) is 0 Å². The lowest BCUT2D eigenvalue weighted by molar-refractivity contribution is 0.545. The second-order valence-corrected chi connectivity index (χ2v) is 4.63. The molecular weight excluding hydrogens is 180 g/mol. The summed E-state index contributed by atoms with van der Waals surface area (Å²) in [5, 5.41) is 0. The van der Waals surface area contributed by atoms with Crippen LogP contribution in [0.5, 0.6) is 0 Å². The summed E-state index contributed by atoms with van der Waals surface area (Å²) in [6.45, 7) is 10.9. The van der Waals surface area contributed by atoms with E-state index in [1.54, 1.807) is 0 Å². The maximum atomic E-state index is 2.33. The topological polar surface area (TPSA) is 0 Å². The maximum absolute atomic E-state index is 2.33. The zero-order valence-electron chi connectivity index (χ0n) is 11.0. The van der Waals surface area contributed by atoms with Crippen molar-refractivity contribution in [3.05, 3.63) is 35.5 Å². The Morgan fingerprint density at radius 2 is 1.87 bits per heavy atom. The van der Waals surface area contributed by atoms with E-state index in [2.05, 4.69) is 58.9 Å². The van der Waals surface area contributed by atoms with Crippen molar-refractivity contribution in [2.45, 2.75) is 53.9 Å². The second-order valence-electron chi connectivity index (χ2n) is 4.63. The number of hydrogen-bond acceptors (Lipinski definition) is 0. The fraction of sp³-hybridized carbons (Fsp3) is 0.600. The molecule has 1 unspecified atom stereocenters. The molecule has 0 saturated carbocycles. The molecule has 0 radical (unpaired) electrons. The fourth-order valence-electron chi connectivity index (χ4n) is 1.36. The lowest BCUT2D eigenvalue weighted by Crippen LogP contribution is -1.91. The Balaban J connectivity index is 3.71. The minimum Gasteiger partial charge on any atom is -0.0859 e. The standard InChI is InChI=1S/C15H26/c1-6-14(4)10-8-12-15(5)11-7-9-13(2)3/h6,8-10,15H,7,11-12H2,1-5H3/b10-8+,14-6+. The van der Waals surface area contributed by atoms with Gasteiger partial charge in [-0.25, -0.2) is 0 Å². The normalized spacial score (nSPS) is 14.3. The molecule has 0 heteroatoms. The molecular formula is C15H26. The average Bonchev–Trinajstić information content (AvgIpc) is 2.17. The van der Waals surface area contributed by atoms with E-state index in [1.165, 1.54) is 30.4 Å². The third kappa shape index (κ3) is 9.52. The first-order chi connectivity index (χ1) is 7.06. The van der Waals surface area contributed by atoms with Gasteiger partial charge in [-0.2, -0.15) is 0 Å². The summed E-state index contributed by atoms with van der Waals surface area (Å²) >= 11 is 0. The summed E-state index contributed by atoms with van der Waals surface area (Å²) in [6.07, 6.45) is 12.7.